The molecular formula is C14H24F4NO3P. The highest BCUT2D eigenvalue weighted by atomic mass is 31.2. The summed E-state index contributed by atoms with van der Waals surface area (Å²) >= 11 is 0. The second-order valence-electron chi connectivity index (χ2n) is 5.99. The molecule has 0 spiro atoms. The standard InChI is InChI=1S/C14H24F4NO3P/c1-10(2)21-23(20,22-11(3)4)13(12(15)14(16,17)18)19-8-6-5-7-9-19/h10-11H,5-9H2,1-4H3/b13-12-. The minimum Gasteiger partial charge on any atom is -0.363 e. The first-order valence-corrected chi connectivity index (χ1v) is 9.21. The maximum Gasteiger partial charge on any atom is 0.445 e. The van der Waals surface area contributed by atoms with Gasteiger partial charge in [-0.25, -0.2) is 0 Å². The first-order valence-electron chi connectivity index (χ1n) is 7.66. The average molecular weight is 361 g/mol. The number of hydrogen-bond acceptors (Lipinski definition) is 4. The molecule has 0 aromatic rings. The molecule has 0 unspecified atom stereocenters. The van der Waals surface area contributed by atoms with Crippen LogP contribution in [-0.2, 0) is 13.6 Å². The van der Waals surface area contributed by atoms with Crippen molar-refractivity contribution >= 4 is 7.60 Å². The number of rotatable bonds is 6. The van der Waals surface area contributed by atoms with Gasteiger partial charge >= 0.3 is 13.8 Å². The predicted molar refractivity (Wildman–Crippen MR) is 79.7 cm³/mol. The fourth-order valence-electron chi connectivity index (χ4n) is 2.34. The summed E-state index contributed by atoms with van der Waals surface area (Å²) < 4.78 is 76.4. The quantitative estimate of drug-likeness (QED) is 0.480. The Bertz CT molecular complexity index is 457. The number of likely N-dealkylation sites (tertiary alicyclic amines) is 1. The van der Waals surface area contributed by atoms with Crippen molar-refractivity contribution in [2.75, 3.05) is 13.1 Å². The van der Waals surface area contributed by atoms with Crippen molar-refractivity contribution in [3.63, 3.8) is 0 Å². The summed E-state index contributed by atoms with van der Waals surface area (Å²) in [6.07, 6.45) is -4.59. The molecule has 0 bridgehead atoms. The third-order valence-electron chi connectivity index (χ3n) is 3.06. The van der Waals surface area contributed by atoms with E-state index in [9.17, 15) is 22.1 Å². The molecule has 0 aliphatic carbocycles. The van der Waals surface area contributed by atoms with Gasteiger partial charge < -0.3 is 13.9 Å². The van der Waals surface area contributed by atoms with Crippen LogP contribution in [0.5, 0.6) is 0 Å². The van der Waals surface area contributed by atoms with Gasteiger partial charge in [-0.2, -0.15) is 17.6 Å². The van der Waals surface area contributed by atoms with Crippen LogP contribution in [0.3, 0.4) is 0 Å². The molecule has 0 saturated carbocycles. The topological polar surface area (TPSA) is 38.8 Å². The molecule has 0 atom stereocenters. The number of nitrogens with zero attached hydrogens (tertiary/aromatic N) is 1. The third kappa shape index (κ3) is 5.76. The summed E-state index contributed by atoms with van der Waals surface area (Å²) in [7, 11) is -4.45. The second kappa shape index (κ2) is 7.99. The highest BCUT2D eigenvalue weighted by molar-refractivity contribution is 7.58. The first kappa shape index (κ1) is 20.5. The molecule has 1 heterocycles. The number of piperidine rings is 1. The molecule has 0 radical (unpaired) electrons. The van der Waals surface area contributed by atoms with Crippen LogP contribution in [0.1, 0.15) is 47.0 Å². The van der Waals surface area contributed by atoms with Crippen molar-refractivity contribution < 1.29 is 31.2 Å². The van der Waals surface area contributed by atoms with Crippen LogP contribution in [0, 0.1) is 0 Å². The number of allylic oxidation sites excluding steroid dienone is 1. The molecule has 0 aromatic carbocycles. The summed E-state index contributed by atoms with van der Waals surface area (Å²) in [5.74, 6) is -2.40. The Hall–Kier alpha value is -0.590. The van der Waals surface area contributed by atoms with Gasteiger partial charge in [0.05, 0.1) is 12.2 Å². The van der Waals surface area contributed by atoms with Crippen LogP contribution < -0.4 is 0 Å². The van der Waals surface area contributed by atoms with E-state index in [1.54, 1.807) is 0 Å². The second-order valence-corrected chi connectivity index (χ2v) is 7.83. The summed E-state index contributed by atoms with van der Waals surface area (Å²) in [5.41, 5.74) is -0.993. The fraction of sp³-hybridized carbons (Fsp3) is 0.857. The van der Waals surface area contributed by atoms with Gasteiger partial charge in [0.1, 0.15) is 0 Å². The Morgan fingerprint density at radius 3 is 1.78 bits per heavy atom. The van der Waals surface area contributed by atoms with Crippen LogP contribution in [0.4, 0.5) is 17.6 Å². The molecule has 1 rings (SSSR count). The van der Waals surface area contributed by atoms with Gasteiger partial charge in [0.15, 0.2) is 5.44 Å². The van der Waals surface area contributed by atoms with Crippen molar-refractivity contribution in [2.24, 2.45) is 0 Å². The Balaban J connectivity index is 3.41. The summed E-state index contributed by atoms with van der Waals surface area (Å²) in [6.45, 7) is 6.41. The molecule has 9 heteroatoms. The lowest BCUT2D eigenvalue weighted by molar-refractivity contribution is -0.111. The van der Waals surface area contributed by atoms with Crippen molar-refractivity contribution in [3.05, 3.63) is 11.3 Å². The normalized spacial score (nSPS) is 18.6. The van der Waals surface area contributed by atoms with E-state index in [2.05, 4.69) is 0 Å². The van der Waals surface area contributed by atoms with Crippen LogP contribution in [-0.4, -0.2) is 36.4 Å². The molecule has 0 amide bonds. The highest BCUT2D eigenvalue weighted by Gasteiger charge is 2.48. The summed E-state index contributed by atoms with van der Waals surface area (Å²) in [4.78, 5) is 1.15. The van der Waals surface area contributed by atoms with E-state index >= 15 is 0 Å². The van der Waals surface area contributed by atoms with Crippen LogP contribution in [0.25, 0.3) is 0 Å². The monoisotopic (exact) mass is 361 g/mol. The lowest BCUT2D eigenvalue weighted by Gasteiger charge is -2.35. The predicted octanol–water partition coefficient (Wildman–Crippen LogP) is 5.22. The molecule has 0 N–H and O–H groups in total. The minimum absolute atomic E-state index is 0.186. The van der Waals surface area contributed by atoms with Crippen molar-refractivity contribution in [1.29, 1.82) is 0 Å². The zero-order valence-electron chi connectivity index (χ0n) is 13.8. The van der Waals surface area contributed by atoms with Crippen LogP contribution in [0.15, 0.2) is 11.3 Å². The third-order valence-corrected chi connectivity index (χ3v) is 5.46. The smallest absolute Gasteiger partial charge is 0.363 e. The van der Waals surface area contributed by atoms with E-state index in [1.165, 1.54) is 27.7 Å². The van der Waals surface area contributed by atoms with Gasteiger partial charge in [0.2, 0.25) is 5.83 Å². The lowest BCUT2D eigenvalue weighted by atomic mass is 10.1. The first-order chi connectivity index (χ1) is 10.5. The molecular weight excluding hydrogens is 337 g/mol. The molecule has 1 saturated heterocycles. The molecule has 0 aromatic heterocycles. The lowest BCUT2D eigenvalue weighted by Crippen LogP contribution is -2.33. The highest BCUT2D eigenvalue weighted by Crippen LogP contribution is 2.61. The van der Waals surface area contributed by atoms with Gasteiger partial charge in [0, 0.05) is 13.1 Å². The molecule has 1 aliphatic heterocycles. The van der Waals surface area contributed by atoms with Crippen LogP contribution >= 0.6 is 7.60 Å². The number of halogens is 4. The van der Waals surface area contributed by atoms with Gasteiger partial charge in [-0.1, -0.05) is 0 Å². The van der Waals surface area contributed by atoms with Gasteiger partial charge in [-0.3, -0.25) is 4.57 Å². The Labute approximate surface area is 134 Å². The maximum atomic E-state index is 14.1. The maximum absolute atomic E-state index is 14.1. The number of hydrogen-bond donors (Lipinski definition) is 0. The van der Waals surface area contributed by atoms with Gasteiger partial charge in [-0.05, 0) is 47.0 Å². The van der Waals surface area contributed by atoms with E-state index < -0.39 is 37.2 Å². The molecule has 136 valence electrons. The molecule has 1 fully saturated rings. The molecule has 4 nitrogen and oxygen atoms in total. The van der Waals surface area contributed by atoms with E-state index in [0.29, 0.717) is 12.8 Å². The molecule has 23 heavy (non-hydrogen) atoms. The van der Waals surface area contributed by atoms with Crippen molar-refractivity contribution in [3.8, 4) is 0 Å². The number of alkyl halides is 3. The average Bonchev–Trinajstić information content (AvgIpc) is 2.36. The summed E-state index contributed by atoms with van der Waals surface area (Å²) in [5, 5.41) is 0. The van der Waals surface area contributed by atoms with E-state index in [-0.39, 0.29) is 13.1 Å². The Kier molecular flexibility index (Phi) is 7.11. The van der Waals surface area contributed by atoms with Gasteiger partial charge in [-0.15, -0.1) is 0 Å². The zero-order chi connectivity index (χ0) is 17.8. The zero-order valence-corrected chi connectivity index (χ0v) is 14.7. The van der Waals surface area contributed by atoms with Gasteiger partial charge in [0.25, 0.3) is 0 Å². The van der Waals surface area contributed by atoms with Crippen molar-refractivity contribution in [1.82, 2.24) is 4.90 Å². The summed E-state index contributed by atoms with van der Waals surface area (Å²) in [6, 6.07) is 0. The fourth-order valence-corrected chi connectivity index (χ4v) is 4.62. The minimum atomic E-state index is -5.25. The van der Waals surface area contributed by atoms with Crippen molar-refractivity contribution in [2.45, 2.75) is 65.3 Å². The Morgan fingerprint density at radius 1 is 1.00 bits per heavy atom. The Morgan fingerprint density at radius 2 is 1.43 bits per heavy atom. The molecule has 1 aliphatic rings. The van der Waals surface area contributed by atoms with E-state index in [4.69, 9.17) is 9.05 Å². The van der Waals surface area contributed by atoms with Crippen LogP contribution in [0.2, 0.25) is 0 Å². The van der Waals surface area contributed by atoms with E-state index in [0.717, 1.165) is 11.3 Å². The van der Waals surface area contributed by atoms with E-state index in [1.807, 2.05) is 0 Å². The SMILES string of the molecule is CC(C)OP(=O)(OC(C)C)/C(=C(\F)C(F)(F)F)N1CCCCC1. The largest absolute Gasteiger partial charge is 0.445 e.